The largest absolute Gasteiger partial charge is 0.495 e. The Morgan fingerprint density at radius 3 is 2.56 bits per heavy atom. The van der Waals surface area contributed by atoms with Crippen LogP contribution in [0.3, 0.4) is 0 Å². The maximum absolute atomic E-state index is 12.9. The van der Waals surface area contributed by atoms with Gasteiger partial charge in [-0.05, 0) is 58.2 Å². The number of H-pyrrole nitrogens is 1. The number of amides is 1. The summed E-state index contributed by atoms with van der Waals surface area (Å²) >= 11 is 0. The summed E-state index contributed by atoms with van der Waals surface area (Å²) in [6.45, 7) is 11.0. The lowest BCUT2D eigenvalue weighted by Gasteiger charge is -2.25. The van der Waals surface area contributed by atoms with Gasteiger partial charge in [-0.3, -0.25) is 4.90 Å². The minimum atomic E-state index is -0.646. The van der Waals surface area contributed by atoms with Crippen LogP contribution in [-0.2, 0) is 4.74 Å². The number of ether oxygens (including phenoxy) is 2. The van der Waals surface area contributed by atoms with Crippen molar-refractivity contribution in [3.63, 3.8) is 0 Å². The number of hydrogen-bond acceptors (Lipinski definition) is 6. The zero-order chi connectivity index (χ0) is 24.2. The lowest BCUT2D eigenvalue weighted by Crippen LogP contribution is -2.34. The van der Waals surface area contributed by atoms with E-state index in [-0.39, 0.29) is 11.6 Å². The van der Waals surface area contributed by atoms with E-state index in [1.165, 1.54) is 16.6 Å². The van der Waals surface area contributed by atoms with Gasteiger partial charge in [-0.15, -0.1) is 0 Å². The highest BCUT2D eigenvalue weighted by Gasteiger charge is 2.24. The standard InChI is InChI=1S/C23H33N5O4/c1-9-14(2)13-25-20-19(15(3)24)26-21(29)28(20)17-12-16(10-11-18(17)31-8)27(7)22(30)32-23(4,5)6/h10-14,24H,9H2,1-8H3,(H,26,29). The van der Waals surface area contributed by atoms with Crippen LogP contribution in [0, 0.1) is 11.3 Å². The molecule has 0 saturated heterocycles. The van der Waals surface area contributed by atoms with Crippen molar-refractivity contribution in [1.82, 2.24) is 9.55 Å². The van der Waals surface area contributed by atoms with Crippen LogP contribution in [0.4, 0.5) is 16.3 Å². The molecule has 2 aromatic rings. The highest BCUT2D eigenvalue weighted by atomic mass is 16.6. The number of methoxy groups -OCH3 is 1. The van der Waals surface area contributed by atoms with E-state index in [2.05, 4.69) is 9.98 Å². The van der Waals surface area contributed by atoms with Crippen molar-refractivity contribution in [1.29, 1.82) is 5.41 Å². The molecule has 0 spiro atoms. The molecule has 1 amide bonds. The number of aliphatic imine (C=N–C) groups is 1. The maximum Gasteiger partial charge on any atom is 0.414 e. The molecule has 0 saturated carbocycles. The minimum Gasteiger partial charge on any atom is -0.495 e. The number of benzene rings is 1. The quantitative estimate of drug-likeness (QED) is 0.605. The van der Waals surface area contributed by atoms with Crippen LogP contribution in [-0.4, -0.2) is 47.3 Å². The Bertz CT molecular complexity index is 1080. The molecule has 174 valence electrons. The Kier molecular flexibility index (Phi) is 7.66. The van der Waals surface area contributed by atoms with E-state index >= 15 is 0 Å². The van der Waals surface area contributed by atoms with Crippen molar-refractivity contribution in [2.75, 3.05) is 19.1 Å². The second-order valence-corrected chi connectivity index (χ2v) is 8.65. The van der Waals surface area contributed by atoms with Gasteiger partial charge in [0.2, 0.25) is 0 Å². The molecular formula is C23H33N5O4. The fourth-order valence-corrected chi connectivity index (χ4v) is 2.83. The molecule has 2 rings (SSSR count). The number of anilines is 1. The van der Waals surface area contributed by atoms with Gasteiger partial charge >= 0.3 is 11.8 Å². The van der Waals surface area contributed by atoms with Gasteiger partial charge in [0.15, 0.2) is 5.82 Å². The molecular weight excluding hydrogens is 410 g/mol. The van der Waals surface area contributed by atoms with Crippen molar-refractivity contribution < 1.29 is 14.3 Å². The van der Waals surface area contributed by atoms with Crippen LogP contribution in [0.25, 0.3) is 5.69 Å². The highest BCUT2D eigenvalue weighted by molar-refractivity contribution is 5.99. The SMILES string of the molecule is CCC(C)C=Nc1c(C(C)=N)[nH]c(=O)n1-c1cc(N(C)C(=O)OC(C)(C)C)ccc1OC. The summed E-state index contributed by atoms with van der Waals surface area (Å²) in [4.78, 5) is 34.1. The minimum absolute atomic E-state index is 0.179. The van der Waals surface area contributed by atoms with Gasteiger partial charge in [-0.25, -0.2) is 19.1 Å². The van der Waals surface area contributed by atoms with E-state index in [0.29, 0.717) is 28.6 Å². The third-order valence-corrected chi connectivity index (χ3v) is 4.80. The number of nitrogens with zero attached hydrogens (tertiary/aromatic N) is 3. The molecule has 0 aliphatic rings. The van der Waals surface area contributed by atoms with Crippen LogP contribution < -0.4 is 15.3 Å². The number of carbonyl (C=O) groups excluding carboxylic acids is 1. The second-order valence-electron chi connectivity index (χ2n) is 8.65. The van der Waals surface area contributed by atoms with Gasteiger partial charge in [0.1, 0.15) is 17.0 Å². The number of imidazole rings is 1. The summed E-state index contributed by atoms with van der Waals surface area (Å²) in [7, 11) is 3.09. The van der Waals surface area contributed by atoms with Gasteiger partial charge in [0.25, 0.3) is 0 Å². The van der Waals surface area contributed by atoms with Crippen LogP contribution in [0.15, 0.2) is 28.0 Å². The molecule has 0 radical (unpaired) electrons. The second kappa shape index (κ2) is 9.84. The van der Waals surface area contributed by atoms with Crippen LogP contribution in [0.1, 0.15) is 53.7 Å². The average Bonchev–Trinajstić information content (AvgIpc) is 3.05. The lowest BCUT2D eigenvalue weighted by atomic mass is 10.1. The number of rotatable bonds is 7. The first-order valence-corrected chi connectivity index (χ1v) is 10.5. The van der Waals surface area contributed by atoms with Crippen molar-refractivity contribution in [3.8, 4) is 11.4 Å². The normalized spacial score (nSPS) is 12.6. The number of nitrogens with one attached hydrogen (secondary N) is 2. The van der Waals surface area contributed by atoms with E-state index in [1.807, 2.05) is 13.8 Å². The summed E-state index contributed by atoms with van der Waals surface area (Å²) in [5.74, 6) is 0.915. The summed E-state index contributed by atoms with van der Waals surface area (Å²) < 4.78 is 12.3. The Labute approximate surface area is 188 Å². The smallest absolute Gasteiger partial charge is 0.414 e. The predicted octanol–water partition coefficient (Wildman–Crippen LogP) is 4.68. The molecule has 9 nitrogen and oxygen atoms in total. The summed E-state index contributed by atoms with van der Waals surface area (Å²) in [6, 6.07) is 5.03. The summed E-state index contributed by atoms with van der Waals surface area (Å²) in [5.41, 5.74) is 0.296. The van der Waals surface area contributed by atoms with E-state index in [0.717, 1.165) is 6.42 Å². The number of aromatic amines is 1. The van der Waals surface area contributed by atoms with Crippen molar-refractivity contribution in [2.24, 2.45) is 10.9 Å². The monoisotopic (exact) mass is 443 g/mol. The highest BCUT2D eigenvalue weighted by Crippen LogP contribution is 2.32. The van der Waals surface area contributed by atoms with Crippen molar-refractivity contribution >= 4 is 29.5 Å². The molecule has 1 unspecified atom stereocenters. The van der Waals surface area contributed by atoms with Gasteiger partial charge in [0.05, 0.1) is 18.5 Å². The van der Waals surface area contributed by atoms with Gasteiger partial charge < -0.3 is 19.9 Å². The van der Waals surface area contributed by atoms with Crippen LogP contribution in [0.2, 0.25) is 0 Å². The maximum atomic E-state index is 12.9. The van der Waals surface area contributed by atoms with Gasteiger partial charge in [-0.1, -0.05) is 13.8 Å². The number of carbonyl (C=O) groups is 1. The van der Waals surface area contributed by atoms with Crippen LogP contribution in [0.5, 0.6) is 5.75 Å². The van der Waals surface area contributed by atoms with E-state index < -0.39 is 17.4 Å². The van der Waals surface area contributed by atoms with Gasteiger partial charge in [-0.2, -0.15) is 0 Å². The Morgan fingerprint density at radius 1 is 1.38 bits per heavy atom. The van der Waals surface area contributed by atoms with Crippen molar-refractivity contribution in [3.05, 3.63) is 34.4 Å². The first kappa shape index (κ1) is 24.9. The third-order valence-electron chi connectivity index (χ3n) is 4.80. The average molecular weight is 444 g/mol. The zero-order valence-corrected chi connectivity index (χ0v) is 20.1. The van der Waals surface area contributed by atoms with Crippen LogP contribution >= 0.6 is 0 Å². The van der Waals surface area contributed by atoms with Crippen molar-refractivity contribution in [2.45, 2.75) is 53.6 Å². The summed E-state index contributed by atoms with van der Waals surface area (Å²) in [6.07, 6.45) is 2.12. The molecule has 1 atom stereocenters. The predicted molar refractivity (Wildman–Crippen MR) is 128 cm³/mol. The molecule has 0 bridgehead atoms. The number of aromatic nitrogens is 2. The molecule has 1 heterocycles. The zero-order valence-electron chi connectivity index (χ0n) is 20.1. The first-order chi connectivity index (χ1) is 14.9. The molecule has 1 aromatic carbocycles. The molecule has 2 N–H and O–H groups in total. The van der Waals surface area contributed by atoms with Gasteiger partial charge in [0, 0.05) is 18.9 Å². The van der Waals surface area contributed by atoms with E-state index in [9.17, 15) is 9.59 Å². The molecule has 32 heavy (non-hydrogen) atoms. The fraction of sp³-hybridized carbons (Fsp3) is 0.478. The van der Waals surface area contributed by atoms with E-state index in [1.54, 1.807) is 59.2 Å². The summed E-state index contributed by atoms with van der Waals surface area (Å²) in [5, 5.41) is 8.07. The molecule has 0 fully saturated rings. The Hall–Kier alpha value is -3.36. The lowest BCUT2D eigenvalue weighted by molar-refractivity contribution is 0.0589. The number of hydrogen-bond donors (Lipinski definition) is 2. The topological polar surface area (TPSA) is 113 Å². The first-order valence-electron chi connectivity index (χ1n) is 10.5. The molecule has 0 aliphatic carbocycles. The Morgan fingerprint density at radius 2 is 2.03 bits per heavy atom. The molecule has 9 heteroatoms. The molecule has 0 aliphatic heterocycles. The fourth-order valence-electron chi connectivity index (χ4n) is 2.83. The van der Waals surface area contributed by atoms with E-state index in [4.69, 9.17) is 14.9 Å². The Balaban J connectivity index is 2.68. The molecule has 1 aromatic heterocycles. The third kappa shape index (κ3) is 5.66.